The first-order chi connectivity index (χ1) is 14.4. The van der Waals surface area contributed by atoms with Crippen LogP contribution in [0.1, 0.15) is 39.5 Å². The van der Waals surface area contributed by atoms with E-state index in [1.165, 1.54) is 31.2 Å². The van der Waals surface area contributed by atoms with Crippen LogP contribution in [-0.2, 0) is 12.4 Å². The SMILES string of the molecule is CC(NC(=O)c1sc(-c2ccccc2F)nc1C(F)(F)F)c1cccc(C(F)(F)F)c1. The van der Waals surface area contributed by atoms with Crippen molar-refractivity contribution in [3.05, 3.63) is 76.0 Å². The Morgan fingerprint density at radius 2 is 1.68 bits per heavy atom. The summed E-state index contributed by atoms with van der Waals surface area (Å²) in [5.74, 6) is -1.99. The first kappa shape index (κ1) is 22.7. The number of aromatic nitrogens is 1. The number of thiazole rings is 1. The highest BCUT2D eigenvalue weighted by molar-refractivity contribution is 7.17. The zero-order chi connectivity index (χ0) is 23.0. The number of nitrogens with one attached hydrogen (secondary N) is 1. The molecule has 0 saturated heterocycles. The van der Waals surface area contributed by atoms with E-state index in [1.807, 2.05) is 0 Å². The Balaban J connectivity index is 1.93. The molecule has 1 unspecified atom stereocenters. The van der Waals surface area contributed by atoms with Crippen molar-refractivity contribution in [1.29, 1.82) is 0 Å². The minimum absolute atomic E-state index is 0.0515. The first-order valence-electron chi connectivity index (χ1n) is 8.69. The largest absolute Gasteiger partial charge is 0.435 e. The van der Waals surface area contributed by atoms with E-state index in [2.05, 4.69) is 10.3 Å². The lowest BCUT2D eigenvalue weighted by molar-refractivity contribution is -0.141. The van der Waals surface area contributed by atoms with Gasteiger partial charge in [0.1, 0.15) is 15.7 Å². The Bertz CT molecular complexity index is 1110. The third-order valence-corrected chi connectivity index (χ3v) is 5.36. The summed E-state index contributed by atoms with van der Waals surface area (Å²) in [6.07, 6.45) is -9.61. The van der Waals surface area contributed by atoms with Crippen LogP contribution in [0.25, 0.3) is 10.6 Å². The summed E-state index contributed by atoms with van der Waals surface area (Å²) in [6.45, 7) is 1.33. The van der Waals surface area contributed by atoms with Crippen LogP contribution >= 0.6 is 11.3 Å². The third-order valence-electron chi connectivity index (χ3n) is 4.27. The predicted molar refractivity (Wildman–Crippen MR) is 99.8 cm³/mol. The average molecular weight is 462 g/mol. The molecule has 11 heteroatoms. The number of carbonyl (C=O) groups is 1. The molecule has 2 aromatic carbocycles. The van der Waals surface area contributed by atoms with E-state index in [1.54, 1.807) is 0 Å². The Hall–Kier alpha value is -2.95. The van der Waals surface area contributed by atoms with Gasteiger partial charge in [-0.05, 0) is 36.8 Å². The molecule has 0 spiro atoms. The zero-order valence-electron chi connectivity index (χ0n) is 15.6. The summed E-state index contributed by atoms with van der Waals surface area (Å²) in [7, 11) is 0. The lowest BCUT2D eigenvalue weighted by Gasteiger charge is -2.16. The Morgan fingerprint density at radius 3 is 2.29 bits per heavy atom. The summed E-state index contributed by atoms with van der Waals surface area (Å²) < 4.78 is 92.9. The highest BCUT2D eigenvalue weighted by Gasteiger charge is 2.40. The van der Waals surface area contributed by atoms with Crippen LogP contribution in [0, 0.1) is 5.82 Å². The van der Waals surface area contributed by atoms with E-state index in [4.69, 9.17) is 0 Å². The van der Waals surface area contributed by atoms with Crippen LogP contribution in [0.3, 0.4) is 0 Å². The Labute approximate surface area is 175 Å². The summed E-state index contributed by atoms with van der Waals surface area (Å²) in [4.78, 5) is 15.1. The molecule has 1 N–H and O–H groups in total. The van der Waals surface area contributed by atoms with Crippen LogP contribution in [0.5, 0.6) is 0 Å². The molecule has 0 aliphatic rings. The van der Waals surface area contributed by atoms with Crippen LogP contribution in [-0.4, -0.2) is 10.9 Å². The van der Waals surface area contributed by atoms with E-state index in [0.717, 1.165) is 24.3 Å². The zero-order valence-corrected chi connectivity index (χ0v) is 16.4. The predicted octanol–water partition coefficient (Wildman–Crippen LogP) is 6.48. The van der Waals surface area contributed by atoms with Gasteiger partial charge < -0.3 is 5.32 Å². The van der Waals surface area contributed by atoms with Crippen LogP contribution in [0.15, 0.2) is 48.5 Å². The summed E-state index contributed by atoms with van der Waals surface area (Å²) in [6, 6.07) is 8.06. The van der Waals surface area contributed by atoms with Gasteiger partial charge in [0.05, 0.1) is 11.6 Å². The summed E-state index contributed by atoms with van der Waals surface area (Å²) in [5.41, 5.74) is -2.61. The van der Waals surface area contributed by atoms with Gasteiger partial charge in [-0.2, -0.15) is 26.3 Å². The molecular formula is C20H13F7N2OS. The molecule has 0 aliphatic heterocycles. The Kier molecular flexibility index (Phi) is 6.08. The fourth-order valence-electron chi connectivity index (χ4n) is 2.75. The number of nitrogens with zero attached hydrogens (tertiary/aromatic N) is 1. The first-order valence-corrected chi connectivity index (χ1v) is 9.50. The normalized spacial score (nSPS) is 13.2. The monoisotopic (exact) mass is 462 g/mol. The second-order valence-electron chi connectivity index (χ2n) is 6.49. The number of amides is 1. The van der Waals surface area contributed by atoms with E-state index < -0.39 is 46.3 Å². The van der Waals surface area contributed by atoms with Gasteiger partial charge in [0.2, 0.25) is 0 Å². The number of carbonyl (C=O) groups excluding carboxylic acids is 1. The van der Waals surface area contributed by atoms with E-state index >= 15 is 0 Å². The van der Waals surface area contributed by atoms with Crippen molar-refractivity contribution in [2.24, 2.45) is 0 Å². The standard InChI is InChI=1S/C20H13F7N2OS/c1-10(11-5-4-6-12(9-11)19(22,23)24)28-17(30)15-16(20(25,26)27)29-18(31-15)13-7-2-3-8-14(13)21/h2-10H,1H3,(H,28,30). The molecule has 0 aliphatic carbocycles. The smallest absolute Gasteiger partial charge is 0.345 e. The maximum Gasteiger partial charge on any atom is 0.435 e. The minimum Gasteiger partial charge on any atom is -0.345 e. The minimum atomic E-state index is -4.99. The van der Waals surface area contributed by atoms with Crippen LogP contribution < -0.4 is 5.32 Å². The summed E-state index contributed by atoms with van der Waals surface area (Å²) in [5, 5.41) is 1.91. The van der Waals surface area contributed by atoms with Gasteiger partial charge in [0.15, 0.2) is 5.69 Å². The van der Waals surface area contributed by atoms with E-state index in [9.17, 15) is 35.5 Å². The van der Waals surface area contributed by atoms with Gasteiger partial charge >= 0.3 is 12.4 Å². The van der Waals surface area contributed by atoms with Crippen molar-refractivity contribution in [3.63, 3.8) is 0 Å². The molecule has 3 nitrogen and oxygen atoms in total. The van der Waals surface area contributed by atoms with Gasteiger partial charge in [-0.1, -0.05) is 24.3 Å². The molecule has 164 valence electrons. The average Bonchev–Trinajstić information content (AvgIpc) is 3.13. The van der Waals surface area contributed by atoms with E-state index in [-0.39, 0.29) is 16.1 Å². The lowest BCUT2D eigenvalue weighted by atomic mass is 10.0. The number of hydrogen-bond donors (Lipinski definition) is 1. The molecule has 0 bridgehead atoms. The Morgan fingerprint density at radius 1 is 1.00 bits per heavy atom. The fraction of sp³-hybridized carbons (Fsp3) is 0.200. The molecule has 1 atom stereocenters. The number of halogens is 7. The molecule has 1 amide bonds. The maximum atomic E-state index is 14.0. The van der Waals surface area contributed by atoms with Gasteiger partial charge in [0.25, 0.3) is 5.91 Å². The van der Waals surface area contributed by atoms with Crippen molar-refractivity contribution in [2.45, 2.75) is 25.3 Å². The van der Waals surface area contributed by atoms with Gasteiger partial charge in [-0.25, -0.2) is 9.37 Å². The van der Waals surface area contributed by atoms with Crippen molar-refractivity contribution in [2.75, 3.05) is 0 Å². The summed E-state index contributed by atoms with van der Waals surface area (Å²) >= 11 is 0.343. The van der Waals surface area contributed by atoms with Crippen molar-refractivity contribution < 1.29 is 35.5 Å². The molecule has 1 heterocycles. The molecule has 3 aromatic rings. The van der Waals surface area contributed by atoms with Crippen LogP contribution in [0.4, 0.5) is 30.7 Å². The number of alkyl halides is 6. The molecular weight excluding hydrogens is 449 g/mol. The highest BCUT2D eigenvalue weighted by Crippen LogP contribution is 2.38. The molecule has 0 fully saturated rings. The molecule has 31 heavy (non-hydrogen) atoms. The van der Waals surface area contributed by atoms with E-state index in [0.29, 0.717) is 11.3 Å². The van der Waals surface area contributed by atoms with Crippen molar-refractivity contribution in [1.82, 2.24) is 10.3 Å². The quantitative estimate of drug-likeness (QED) is 0.451. The molecule has 0 saturated carbocycles. The van der Waals surface area contributed by atoms with Crippen molar-refractivity contribution >= 4 is 17.2 Å². The number of benzene rings is 2. The third kappa shape index (κ3) is 5.04. The van der Waals surface area contributed by atoms with Crippen molar-refractivity contribution in [3.8, 4) is 10.6 Å². The van der Waals surface area contributed by atoms with Gasteiger partial charge in [-0.15, -0.1) is 11.3 Å². The highest BCUT2D eigenvalue weighted by atomic mass is 32.1. The topological polar surface area (TPSA) is 42.0 Å². The number of hydrogen-bond acceptors (Lipinski definition) is 3. The fourth-order valence-corrected chi connectivity index (χ4v) is 3.76. The number of rotatable bonds is 4. The van der Waals surface area contributed by atoms with Gasteiger partial charge in [-0.3, -0.25) is 4.79 Å². The second-order valence-corrected chi connectivity index (χ2v) is 7.49. The lowest BCUT2D eigenvalue weighted by Crippen LogP contribution is -2.28. The maximum absolute atomic E-state index is 14.0. The molecule has 1 aromatic heterocycles. The van der Waals surface area contributed by atoms with Gasteiger partial charge in [0, 0.05) is 5.56 Å². The molecule has 0 radical (unpaired) electrons. The second kappa shape index (κ2) is 8.29. The molecule has 3 rings (SSSR count). The van der Waals surface area contributed by atoms with Crippen LogP contribution in [0.2, 0.25) is 0 Å².